The number of hydrogen-bond acceptors (Lipinski definition) is 3. The van der Waals surface area contributed by atoms with Crippen LogP contribution in [-0.4, -0.2) is 21.6 Å². The van der Waals surface area contributed by atoms with Gasteiger partial charge in [0.1, 0.15) is 12.4 Å². The summed E-state index contributed by atoms with van der Waals surface area (Å²) in [7, 11) is -3.64. The minimum Gasteiger partial charge on any atom is -0.492 e. The SMILES string of the molecule is Cc1ccc(OCCNS(=O)(=O)c2ccc(Cl)c(Cl)c2)c(C)c1. The van der Waals surface area contributed by atoms with Gasteiger partial charge in [-0.2, -0.15) is 0 Å². The Labute approximate surface area is 146 Å². The van der Waals surface area contributed by atoms with Crippen LogP contribution in [0.25, 0.3) is 0 Å². The van der Waals surface area contributed by atoms with Crippen LogP contribution in [0.3, 0.4) is 0 Å². The molecular weight excluding hydrogens is 357 g/mol. The number of nitrogens with one attached hydrogen (secondary N) is 1. The zero-order chi connectivity index (χ0) is 17.0. The Hall–Kier alpha value is -1.27. The van der Waals surface area contributed by atoms with E-state index in [0.29, 0.717) is 5.02 Å². The lowest BCUT2D eigenvalue weighted by molar-refractivity contribution is 0.320. The van der Waals surface area contributed by atoms with Gasteiger partial charge in [0.25, 0.3) is 0 Å². The average molecular weight is 374 g/mol. The van der Waals surface area contributed by atoms with Crippen molar-refractivity contribution >= 4 is 33.2 Å². The molecule has 0 aliphatic carbocycles. The molecule has 0 unspecified atom stereocenters. The first kappa shape index (κ1) is 18.1. The minimum absolute atomic E-state index is 0.0680. The van der Waals surface area contributed by atoms with Crippen molar-refractivity contribution in [2.75, 3.05) is 13.2 Å². The van der Waals surface area contributed by atoms with Crippen LogP contribution in [0, 0.1) is 13.8 Å². The molecule has 0 atom stereocenters. The second-order valence-electron chi connectivity index (χ2n) is 5.09. The summed E-state index contributed by atoms with van der Waals surface area (Å²) >= 11 is 11.6. The molecule has 0 amide bonds. The standard InChI is InChI=1S/C16H17Cl2NO3S/c1-11-3-6-16(12(2)9-11)22-8-7-19-23(20,21)13-4-5-14(17)15(18)10-13/h3-6,9-10,19H,7-8H2,1-2H3. The van der Waals surface area contributed by atoms with E-state index < -0.39 is 10.0 Å². The fraction of sp³-hybridized carbons (Fsp3) is 0.250. The summed E-state index contributed by atoms with van der Waals surface area (Å²) in [4.78, 5) is 0.0680. The molecule has 1 N–H and O–H groups in total. The smallest absolute Gasteiger partial charge is 0.240 e. The van der Waals surface area contributed by atoms with Crippen molar-refractivity contribution in [1.82, 2.24) is 4.72 Å². The summed E-state index contributed by atoms with van der Waals surface area (Å²) in [6.07, 6.45) is 0. The van der Waals surface area contributed by atoms with Crippen molar-refractivity contribution in [2.24, 2.45) is 0 Å². The highest BCUT2D eigenvalue weighted by Gasteiger charge is 2.15. The molecule has 0 saturated heterocycles. The van der Waals surface area contributed by atoms with Crippen LogP contribution in [0.1, 0.15) is 11.1 Å². The summed E-state index contributed by atoms with van der Waals surface area (Å²) in [5.41, 5.74) is 2.16. The van der Waals surface area contributed by atoms with Crippen molar-refractivity contribution in [1.29, 1.82) is 0 Å². The summed E-state index contributed by atoms with van der Waals surface area (Å²) < 4.78 is 32.4. The van der Waals surface area contributed by atoms with Gasteiger partial charge >= 0.3 is 0 Å². The number of aryl methyl sites for hydroxylation is 2. The van der Waals surface area contributed by atoms with Gasteiger partial charge in [0.15, 0.2) is 0 Å². The Morgan fingerprint density at radius 2 is 1.78 bits per heavy atom. The maximum Gasteiger partial charge on any atom is 0.240 e. The average Bonchev–Trinajstić information content (AvgIpc) is 2.48. The van der Waals surface area contributed by atoms with E-state index in [-0.39, 0.29) is 23.1 Å². The molecule has 0 aliphatic heterocycles. The van der Waals surface area contributed by atoms with Crippen molar-refractivity contribution < 1.29 is 13.2 Å². The molecule has 0 saturated carbocycles. The first-order valence-electron chi connectivity index (χ1n) is 6.94. The van der Waals surface area contributed by atoms with Gasteiger partial charge in [-0.3, -0.25) is 0 Å². The van der Waals surface area contributed by atoms with Crippen molar-refractivity contribution in [2.45, 2.75) is 18.7 Å². The second-order valence-corrected chi connectivity index (χ2v) is 7.67. The third-order valence-electron chi connectivity index (χ3n) is 3.18. The molecule has 124 valence electrons. The number of ether oxygens (including phenoxy) is 1. The number of halogens is 2. The van der Waals surface area contributed by atoms with Crippen molar-refractivity contribution in [3.63, 3.8) is 0 Å². The highest BCUT2D eigenvalue weighted by atomic mass is 35.5. The van der Waals surface area contributed by atoms with Crippen LogP contribution >= 0.6 is 23.2 Å². The fourth-order valence-electron chi connectivity index (χ4n) is 2.03. The van der Waals surface area contributed by atoms with E-state index in [9.17, 15) is 8.42 Å². The lowest BCUT2D eigenvalue weighted by atomic mass is 10.1. The maximum atomic E-state index is 12.2. The van der Waals surface area contributed by atoms with Gasteiger partial charge < -0.3 is 4.74 Å². The van der Waals surface area contributed by atoms with Crippen LogP contribution in [0.5, 0.6) is 5.75 Å². The monoisotopic (exact) mass is 373 g/mol. The molecule has 0 spiro atoms. The van der Waals surface area contributed by atoms with Gasteiger partial charge in [-0.25, -0.2) is 13.1 Å². The van der Waals surface area contributed by atoms with Crippen molar-refractivity contribution in [3.8, 4) is 5.75 Å². The molecule has 0 heterocycles. The van der Waals surface area contributed by atoms with Crippen LogP contribution in [0.4, 0.5) is 0 Å². The van der Waals surface area contributed by atoms with Gasteiger partial charge in [0, 0.05) is 6.54 Å². The Kier molecular flexibility index (Phi) is 5.92. The van der Waals surface area contributed by atoms with E-state index in [0.717, 1.165) is 16.9 Å². The normalized spacial score (nSPS) is 11.5. The Balaban J connectivity index is 1.93. The van der Waals surface area contributed by atoms with E-state index >= 15 is 0 Å². The lowest BCUT2D eigenvalue weighted by Crippen LogP contribution is -2.28. The van der Waals surface area contributed by atoms with E-state index in [1.807, 2.05) is 32.0 Å². The lowest BCUT2D eigenvalue weighted by Gasteiger charge is -2.11. The predicted molar refractivity (Wildman–Crippen MR) is 93.1 cm³/mol. The topological polar surface area (TPSA) is 55.4 Å². The molecule has 23 heavy (non-hydrogen) atoms. The van der Waals surface area contributed by atoms with Gasteiger partial charge in [-0.1, -0.05) is 40.9 Å². The summed E-state index contributed by atoms with van der Waals surface area (Å²) in [6.45, 7) is 4.32. The molecule has 0 radical (unpaired) electrons. The van der Waals surface area contributed by atoms with E-state index in [1.54, 1.807) is 0 Å². The van der Waals surface area contributed by atoms with Gasteiger partial charge in [0.05, 0.1) is 14.9 Å². The molecule has 2 aromatic carbocycles. The summed E-state index contributed by atoms with van der Waals surface area (Å²) in [6, 6.07) is 10.00. The molecule has 2 aromatic rings. The molecule has 2 rings (SSSR count). The van der Waals surface area contributed by atoms with E-state index in [1.165, 1.54) is 18.2 Å². The molecule has 0 fully saturated rings. The highest BCUT2D eigenvalue weighted by molar-refractivity contribution is 7.89. The second kappa shape index (κ2) is 7.53. The Morgan fingerprint density at radius 1 is 1.04 bits per heavy atom. The quantitative estimate of drug-likeness (QED) is 0.779. The van der Waals surface area contributed by atoms with Gasteiger partial charge in [-0.05, 0) is 43.7 Å². The van der Waals surface area contributed by atoms with Crippen LogP contribution in [0.2, 0.25) is 10.0 Å². The van der Waals surface area contributed by atoms with Crippen LogP contribution < -0.4 is 9.46 Å². The summed E-state index contributed by atoms with van der Waals surface area (Å²) in [5, 5.41) is 0.505. The number of sulfonamides is 1. The largest absolute Gasteiger partial charge is 0.492 e. The molecule has 0 aliphatic rings. The Morgan fingerprint density at radius 3 is 2.43 bits per heavy atom. The molecular formula is C16H17Cl2NO3S. The first-order valence-corrected chi connectivity index (χ1v) is 9.18. The van der Waals surface area contributed by atoms with Crippen LogP contribution in [-0.2, 0) is 10.0 Å². The van der Waals surface area contributed by atoms with Crippen molar-refractivity contribution in [3.05, 3.63) is 57.6 Å². The Bertz CT molecular complexity index is 807. The van der Waals surface area contributed by atoms with Gasteiger partial charge in [0.2, 0.25) is 10.0 Å². The minimum atomic E-state index is -3.64. The zero-order valence-electron chi connectivity index (χ0n) is 12.8. The third kappa shape index (κ3) is 4.85. The predicted octanol–water partition coefficient (Wildman–Crippen LogP) is 3.97. The van der Waals surface area contributed by atoms with E-state index in [4.69, 9.17) is 27.9 Å². The molecule has 4 nitrogen and oxygen atoms in total. The molecule has 7 heteroatoms. The highest BCUT2D eigenvalue weighted by Crippen LogP contribution is 2.24. The van der Waals surface area contributed by atoms with Gasteiger partial charge in [-0.15, -0.1) is 0 Å². The maximum absolute atomic E-state index is 12.2. The van der Waals surface area contributed by atoms with Crippen LogP contribution in [0.15, 0.2) is 41.3 Å². The zero-order valence-corrected chi connectivity index (χ0v) is 15.1. The molecule has 0 aromatic heterocycles. The number of benzene rings is 2. The fourth-order valence-corrected chi connectivity index (χ4v) is 3.43. The summed E-state index contributed by atoms with van der Waals surface area (Å²) in [5.74, 6) is 0.740. The third-order valence-corrected chi connectivity index (χ3v) is 5.38. The number of rotatable bonds is 6. The van der Waals surface area contributed by atoms with E-state index in [2.05, 4.69) is 4.72 Å². The first-order chi connectivity index (χ1) is 10.8. The molecule has 0 bridgehead atoms. The number of hydrogen-bond donors (Lipinski definition) is 1.